The summed E-state index contributed by atoms with van der Waals surface area (Å²) in [6, 6.07) is 25.1. The number of para-hydroxylation sites is 2. The Hall–Kier alpha value is -4.13. The molecule has 0 bridgehead atoms. The van der Waals surface area contributed by atoms with E-state index in [1.54, 1.807) is 19.1 Å². The molecular weight excluding hydrogens is 406 g/mol. The van der Waals surface area contributed by atoms with Crippen LogP contribution in [-0.2, 0) is 9.53 Å². The number of rotatable bonds is 7. The molecule has 1 heterocycles. The van der Waals surface area contributed by atoms with Gasteiger partial charge in [0, 0.05) is 29.2 Å². The van der Waals surface area contributed by atoms with Crippen molar-refractivity contribution in [2.75, 3.05) is 23.4 Å². The van der Waals surface area contributed by atoms with Crippen molar-refractivity contribution in [3.05, 3.63) is 112 Å². The second kappa shape index (κ2) is 9.34. The summed E-state index contributed by atoms with van der Waals surface area (Å²) in [7, 11) is 0. The zero-order chi connectivity index (χ0) is 22.5. The Kier molecular flexibility index (Phi) is 6.17. The van der Waals surface area contributed by atoms with Crippen LogP contribution in [0.3, 0.4) is 0 Å². The number of benzene rings is 3. The van der Waals surface area contributed by atoms with Crippen molar-refractivity contribution in [1.82, 2.24) is 0 Å². The Balaban J connectivity index is 1.86. The summed E-state index contributed by atoms with van der Waals surface area (Å²) in [5.74, 6) is -0.444. The predicted octanol–water partition coefficient (Wildman–Crippen LogP) is 5.09. The van der Waals surface area contributed by atoms with Gasteiger partial charge in [0.05, 0.1) is 29.7 Å². The molecule has 7 nitrogen and oxygen atoms in total. The van der Waals surface area contributed by atoms with E-state index >= 15 is 0 Å². The third-order valence-electron chi connectivity index (χ3n) is 5.29. The van der Waals surface area contributed by atoms with Crippen molar-refractivity contribution in [3.63, 3.8) is 0 Å². The van der Waals surface area contributed by atoms with E-state index < -0.39 is 16.9 Å². The van der Waals surface area contributed by atoms with Crippen LogP contribution in [0.15, 0.2) is 96.2 Å². The maximum absolute atomic E-state index is 13.1. The molecule has 162 valence electrons. The Morgan fingerprint density at radius 1 is 1.06 bits per heavy atom. The molecule has 0 radical (unpaired) electrons. The number of nitro groups is 1. The monoisotopic (exact) mass is 429 g/mol. The molecule has 4 rings (SSSR count). The third kappa shape index (κ3) is 4.32. The Morgan fingerprint density at radius 3 is 2.41 bits per heavy atom. The fourth-order valence-corrected chi connectivity index (χ4v) is 3.93. The summed E-state index contributed by atoms with van der Waals surface area (Å²) >= 11 is 0. The molecule has 1 aliphatic heterocycles. The molecule has 1 N–H and O–H groups in total. The normalized spacial score (nSPS) is 15.5. The van der Waals surface area contributed by atoms with Crippen LogP contribution in [0.25, 0.3) is 0 Å². The van der Waals surface area contributed by atoms with E-state index in [1.165, 1.54) is 12.1 Å². The number of hydrogen-bond donors (Lipinski definition) is 1. The Labute approximate surface area is 186 Å². The SMILES string of the molecule is CCOC(=O)C1=C(Nc2ccccc2)CN(c2ccccc2)C1c1cccc([N+](=O)[O-])c1. The summed E-state index contributed by atoms with van der Waals surface area (Å²) in [6.45, 7) is 2.41. The number of ether oxygens (including phenoxy) is 1. The van der Waals surface area contributed by atoms with Crippen molar-refractivity contribution >= 4 is 23.0 Å². The van der Waals surface area contributed by atoms with Crippen molar-refractivity contribution in [2.45, 2.75) is 13.0 Å². The summed E-state index contributed by atoms with van der Waals surface area (Å²) in [4.78, 5) is 26.2. The molecule has 3 aromatic rings. The minimum atomic E-state index is -0.539. The van der Waals surface area contributed by atoms with Crippen molar-refractivity contribution in [1.29, 1.82) is 0 Å². The topological polar surface area (TPSA) is 84.7 Å². The van der Waals surface area contributed by atoms with Gasteiger partial charge in [-0.05, 0) is 36.8 Å². The van der Waals surface area contributed by atoms with Crippen LogP contribution >= 0.6 is 0 Å². The van der Waals surface area contributed by atoms with Crippen molar-refractivity contribution in [2.24, 2.45) is 0 Å². The van der Waals surface area contributed by atoms with Crippen LogP contribution in [0.2, 0.25) is 0 Å². The maximum atomic E-state index is 13.1. The van der Waals surface area contributed by atoms with E-state index in [0.29, 0.717) is 23.4 Å². The van der Waals surface area contributed by atoms with E-state index in [9.17, 15) is 14.9 Å². The van der Waals surface area contributed by atoms with E-state index in [4.69, 9.17) is 4.74 Å². The minimum absolute atomic E-state index is 0.0248. The largest absolute Gasteiger partial charge is 0.463 e. The first-order valence-corrected chi connectivity index (χ1v) is 10.4. The summed E-state index contributed by atoms with van der Waals surface area (Å²) in [5.41, 5.74) is 3.52. The van der Waals surface area contributed by atoms with E-state index in [-0.39, 0.29) is 12.3 Å². The molecule has 0 spiro atoms. The number of hydrogen-bond acceptors (Lipinski definition) is 6. The third-order valence-corrected chi connectivity index (χ3v) is 5.29. The van der Waals surface area contributed by atoms with Crippen LogP contribution < -0.4 is 10.2 Å². The zero-order valence-corrected chi connectivity index (χ0v) is 17.6. The predicted molar refractivity (Wildman–Crippen MR) is 123 cm³/mol. The molecule has 0 fully saturated rings. The minimum Gasteiger partial charge on any atom is -0.463 e. The molecule has 0 saturated heterocycles. The number of carbonyl (C=O) groups is 1. The molecule has 0 amide bonds. The highest BCUT2D eigenvalue weighted by Crippen LogP contribution is 2.41. The fourth-order valence-electron chi connectivity index (χ4n) is 3.93. The maximum Gasteiger partial charge on any atom is 0.338 e. The van der Waals surface area contributed by atoms with Crippen LogP contribution in [0, 0.1) is 10.1 Å². The Morgan fingerprint density at radius 2 is 1.75 bits per heavy atom. The number of carbonyl (C=O) groups excluding carboxylic acids is 1. The number of anilines is 2. The second-order valence-corrected chi connectivity index (χ2v) is 7.32. The molecular formula is C25H23N3O4. The first kappa shape index (κ1) is 21.1. The lowest BCUT2D eigenvalue weighted by Crippen LogP contribution is -2.27. The van der Waals surface area contributed by atoms with Crippen LogP contribution in [0.1, 0.15) is 18.5 Å². The molecule has 32 heavy (non-hydrogen) atoms. The first-order chi connectivity index (χ1) is 15.6. The van der Waals surface area contributed by atoms with E-state index in [0.717, 1.165) is 11.4 Å². The highest BCUT2D eigenvalue weighted by atomic mass is 16.6. The second-order valence-electron chi connectivity index (χ2n) is 7.32. The average molecular weight is 429 g/mol. The van der Waals surface area contributed by atoms with Gasteiger partial charge >= 0.3 is 5.97 Å². The van der Waals surface area contributed by atoms with Crippen molar-refractivity contribution in [3.8, 4) is 0 Å². The molecule has 3 aromatic carbocycles. The number of nitrogens with one attached hydrogen (secondary N) is 1. The summed E-state index contributed by atoms with van der Waals surface area (Å²) in [6.07, 6.45) is 0. The van der Waals surface area contributed by atoms with E-state index in [2.05, 4.69) is 10.2 Å². The molecule has 1 aliphatic rings. The highest BCUT2D eigenvalue weighted by molar-refractivity contribution is 5.94. The fraction of sp³-hybridized carbons (Fsp3) is 0.160. The highest BCUT2D eigenvalue weighted by Gasteiger charge is 2.39. The van der Waals surface area contributed by atoms with Crippen LogP contribution in [0.5, 0.6) is 0 Å². The Bertz CT molecular complexity index is 1150. The lowest BCUT2D eigenvalue weighted by atomic mass is 9.98. The van der Waals surface area contributed by atoms with Gasteiger partial charge in [-0.1, -0.05) is 48.5 Å². The first-order valence-electron chi connectivity index (χ1n) is 10.4. The molecule has 0 saturated carbocycles. The molecule has 1 atom stereocenters. The number of esters is 1. The van der Waals surface area contributed by atoms with Gasteiger partial charge in [-0.15, -0.1) is 0 Å². The number of nitro benzene ring substituents is 1. The lowest BCUT2D eigenvalue weighted by Gasteiger charge is -2.28. The standard InChI is InChI=1S/C25H23N3O4/c1-2-32-25(29)23-22(26-19-11-5-3-6-12-19)17-27(20-13-7-4-8-14-20)24(23)18-10-9-15-21(16-18)28(30)31/h3-16,24,26H,2,17H2,1H3. The van der Waals surface area contributed by atoms with Gasteiger partial charge in [-0.25, -0.2) is 4.79 Å². The zero-order valence-electron chi connectivity index (χ0n) is 17.6. The molecule has 7 heteroatoms. The van der Waals surface area contributed by atoms with Gasteiger partial charge in [0.1, 0.15) is 0 Å². The smallest absolute Gasteiger partial charge is 0.338 e. The quantitative estimate of drug-likeness (QED) is 0.320. The van der Waals surface area contributed by atoms with Crippen molar-refractivity contribution < 1.29 is 14.5 Å². The molecule has 0 aromatic heterocycles. The van der Waals surface area contributed by atoms with Gasteiger partial charge in [0.15, 0.2) is 0 Å². The average Bonchev–Trinajstić information content (AvgIpc) is 3.19. The molecule has 1 unspecified atom stereocenters. The number of non-ortho nitro benzene ring substituents is 1. The van der Waals surface area contributed by atoms with Gasteiger partial charge in [0.2, 0.25) is 0 Å². The van der Waals surface area contributed by atoms with Gasteiger partial charge in [0.25, 0.3) is 5.69 Å². The molecule has 0 aliphatic carbocycles. The number of nitrogens with zero attached hydrogens (tertiary/aromatic N) is 2. The van der Waals surface area contributed by atoms with Gasteiger partial charge in [-0.3, -0.25) is 10.1 Å². The van der Waals surface area contributed by atoms with Gasteiger partial charge in [-0.2, -0.15) is 0 Å². The van der Waals surface area contributed by atoms with Crippen LogP contribution in [-0.4, -0.2) is 24.0 Å². The summed E-state index contributed by atoms with van der Waals surface area (Å²) in [5, 5.41) is 14.8. The lowest BCUT2D eigenvalue weighted by molar-refractivity contribution is -0.384. The van der Waals surface area contributed by atoms with E-state index in [1.807, 2.05) is 60.7 Å². The van der Waals surface area contributed by atoms with Gasteiger partial charge < -0.3 is 15.0 Å². The summed E-state index contributed by atoms with van der Waals surface area (Å²) < 4.78 is 5.41. The van der Waals surface area contributed by atoms with Crippen LogP contribution in [0.4, 0.5) is 17.1 Å².